The molecular weight excluding hydrogens is 138 g/mol. The van der Waals surface area contributed by atoms with E-state index >= 15 is 0 Å². The minimum absolute atomic E-state index is 0.0364. The largest absolute Gasteiger partial charge is 0.508 e. The van der Waals surface area contributed by atoms with E-state index in [-0.39, 0.29) is 6.04 Å². The Morgan fingerprint density at radius 1 is 1.45 bits per heavy atom. The van der Waals surface area contributed by atoms with Gasteiger partial charge in [-0.1, -0.05) is 12.1 Å². The summed E-state index contributed by atoms with van der Waals surface area (Å²) < 4.78 is 0. The summed E-state index contributed by atoms with van der Waals surface area (Å²) in [4.78, 5) is 0. The Morgan fingerprint density at radius 3 is 2.55 bits per heavy atom. The lowest BCUT2D eigenvalue weighted by Crippen LogP contribution is -2.04. The molecule has 0 saturated heterocycles. The lowest BCUT2D eigenvalue weighted by molar-refractivity contribution is 0.470. The fourth-order valence-electron chi connectivity index (χ4n) is 0.962. The molecule has 1 aromatic carbocycles. The maximum atomic E-state index is 9.18. The second kappa shape index (κ2) is 2.93. The van der Waals surface area contributed by atoms with Crippen molar-refractivity contribution in [2.75, 3.05) is 0 Å². The second-order valence-electron chi connectivity index (χ2n) is 2.83. The molecule has 0 spiro atoms. The van der Waals surface area contributed by atoms with Crippen molar-refractivity contribution >= 4 is 0 Å². The van der Waals surface area contributed by atoms with Crippen LogP contribution in [0.2, 0.25) is 0 Å². The lowest BCUT2D eigenvalue weighted by Gasteiger charge is -2.06. The molecule has 3 N–H and O–H groups in total. The predicted octanol–water partition coefficient (Wildman–Crippen LogP) is 1.72. The summed E-state index contributed by atoms with van der Waals surface area (Å²) in [5, 5.41) is 9.18. The summed E-state index contributed by atoms with van der Waals surface area (Å²) in [7, 11) is 0. The molecule has 2 nitrogen and oxygen atoms in total. The summed E-state index contributed by atoms with van der Waals surface area (Å²) in [6.07, 6.45) is 0. The molecule has 60 valence electrons. The number of hydrogen-bond acceptors (Lipinski definition) is 2. The van der Waals surface area contributed by atoms with Gasteiger partial charge in [0.15, 0.2) is 0 Å². The molecule has 1 aromatic rings. The van der Waals surface area contributed by atoms with Gasteiger partial charge in [0, 0.05) is 6.04 Å². The fraction of sp³-hybridized carbons (Fsp3) is 0.333. The quantitative estimate of drug-likeness (QED) is 0.642. The van der Waals surface area contributed by atoms with E-state index in [0.717, 1.165) is 11.1 Å². The van der Waals surface area contributed by atoms with Gasteiger partial charge >= 0.3 is 0 Å². The number of phenols is 1. The predicted molar refractivity (Wildman–Crippen MR) is 45.4 cm³/mol. The Balaban J connectivity index is 3.05. The highest BCUT2D eigenvalue weighted by Crippen LogP contribution is 2.19. The third-order valence-corrected chi connectivity index (χ3v) is 1.75. The molecule has 0 aliphatic heterocycles. The van der Waals surface area contributed by atoms with E-state index in [0.29, 0.717) is 5.75 Å². The molecule has 0 aliphatic carbocycles. The van der Waals surface area contributed by atoms with E-state index < -0.39 is 0 Å². The van der Waals surface area contributed by atoms with Gasteiger partial charge in [0.2, 0.25) is 0 Å². The van der Waals surface area contributed by atoms with Crippen molar-refractivity contribution in [3.8, 4) is 5.75 Å². The molecule has 0 bridgehead atoms. The average Bonchev–Trinajstić information content (AvgIpc) is 1.94. The van der Waals surface area contributed by atoms with Crippen LogP contribution in [0.15, 0.2) is 18.2 Å². The lowest BCUT2D eigenvalue weighted by atomic mass is 10.1. The number of aromatic hydroxyl groups is 1. The van der Waals surface area contributed by atoms with Gasteiger partial charge in [-0.25, -0.2) is 0 Å². The fourth-order valence-corrected chi connectivity index (χ4v) is 0.962. The third kappa shape index (κ3) is 1.71. The summed E-state index contributed by atoms with van der Waals surface area (Å²) >= 11 is 0. The van der Waals surface area contributed by atoms with Crippen LogP contribution < -0.4 is 5.73 Å². The number of hydrogen-bond donors (Lipinski definition) is 2. The van der Waals surface area contributed by atoms with Crippen LogP contribution in [-0.2, 0) is 0 Å². The number of nitrogens with two attached hydrogens (primary N) is 1. The molecule has 1 rings (SSSR count). The second-order valence-corrected chi connectivity index (χ2v) is 2.83. The van der Waals surface area contributed by atoms with Gasteiger partial charge in [-0.2, -0.15) is 0 Å². The van der Waals surface area contributed by atoms with Crippen molar-refractivity contribution in [3.05, 3.63) is 29.3 Å². The van der Waals surface area contributed by atoms with Gasteiger partial charge in [0.05, 0.1) is 0 Å². The highest BCUT2D eigenvalue weighted by molar-refractivity contribution is 5.35. The van der Waals surface area contributed by atoms with Crippen LogP contribution >= 0.6 is 0 Å². The number of benzene rings is 1. The van der Waals surface area contributed by atoms with Crippen molar-refractivity contribution in [1.29, 1.82) is 0 Å². The van der Waals surface area contributed by atoms with E-state index in [1.165, 1.54) is 0 Å². The van der Waals surface area contributed by atoms with Crippen LogP contribution in [0, 0.1) is 6.92 Å². The maximum Gasteiger partial charge on any atom is 0.118 e. The molecule has 11 heavy (non-hydrogen) atoms. The van der Waals surface area contributed by atoms with Crippen LogP contribution in [0.5, 0.6) is 5.75 Å². The highest BCUT2D eigenvalue weighted by Gasteiger charge is 2.00. The topological polar surface area (TPSA) is 46.2 Å². The first kappa shape index (κ1) is 8.08. The van der Waals surface area contributed by atoms with Crippen LogP contribution in [-0.4, -0.2) is 5.11 Å². The maximum absolute atomic E-state index is 9.18. The highest BCUT2D eigenvalue weighted by atomic mass is 16.3. The number of rotatable bonds is 1. The van der Waals surface area contributed by atoms with Gasteiger partial charge < -0.3 is 10.8 Å². The van der Waals surface area contributed by atoms with E-state index in [4.69, 9.17) is 5.73 Å². The molecule has 0 heterocycles. The van der Waals surface area contributed by atoms with Crippen molar-refractivity contribution in [2.45, 2.75) is 19.9 Å². The summed E-state index contributed by atoms with van der Waals surface area (Å²) in [5.41, 5.74) is 7.58. The average molecular weight is 151 g/mol. The number of phenolic OH excluding ortho intramolecular Hbond substituents is 1. The van der Waals surface area contributed by atoms with Crippen LogP contribution in [0.3, 0.4) is 0 Å². The molecular formula is C9H13NO. The third-order valence-electron chi connectivity index (χ3n) is 1.75. The Kier molecular flexibility index (Phi) is 2.15. The first-order chi connectivity index (χ1) is 5.11. The summed E-state index contributed by atoms with van der Waals surface area (Å²) in [6, 6.07) is 5.45. The molecule has 0 fully saturated rings. The Bertz CT molecular complexity index is 256. The Morgan fingerprint density at radius 2 is 2.09 bits per heavy atom. The van der Waals surface area contributed by atoms with Gasteiger partial charge in [-0.05, 0) is 31.0 Å². The molecule has 2 heteroatoms. The zero-order chi connectivity index (χ0) is 8.43. The van der Waals surface area contributed by atoms with E-state index in [9.17, 15) is 5.11 Å². The zero-order valence-electron chi connectivity index (χ0n) is 6.83. The molecule has 0 amide bonds. The van der Waals surface area contributed by atoms with Crippen LogP contribution in [0.25, 0.3) is 0 Å². The minimum Gasteiger partial charge on any atom is -0.508 e. The zero-order valence-corrected chi connectivity index (χ0v) is 6.83. The standard InChI is InChI=1S/C9H13NO/c1-6-5-8(7(2)10)3-4-9(6)11/h3-5,7,11H,10H2,1-2H3/t7-/m0/s1. The molecule has 0 radical (unpaired) electrons. The van der Waals surface area contributed by atoms with Crippen molar-refractivity contribution in [1.82, 2.24) is 0 Å². The smallest absolute Gasteiger partial charge is 0.118 e. The van der Waals surface area contributed by atoms with Crippen LogP contribution in [0.4, 0.5) is 0 Å². The summed E-state index contributed by atoms with van der Waals surface area (Å²) in [5.74, 6) is 0.328. The Labute approximate surface area is 66.7 Å². The first-order valence-electron chi connectivity index (χ1n) is 3.66. The van der Waals surface area contributed by atoms with Crippen molar-refractivity contribution < 1.29 is 5.11 Å². The first-order valence-corrected chi connectivity index (χ1v) is 3.66. The Hall–Kier alpha value is -1.02. The molecule has 0 aliphatic rings. The minimum atomic E-state index is 0.0364. The normalized spacial score (nSPS) is 13.0. The molecule has 0 aromatic heterocycles. The van der Waals surface area contributed by atoms with Gasteiger partial charge in [-0.15, -0.1) is 0 Å². The molecule has 1 atom stereocenters. The SMILES string of the molecule is Cc1cc([C@H](C)N)ccc1O. The monoisotopic (exact) mass is 151 g/mol. The van der Waals surface area contributed by atoms with E-state index in [1.54, 1.807) is 6.07 Å². The molecule has 0 unspecified atom stereocenters. The van der Waals surface area contributed by atoms with E-state index in [1.807, 2.05) is 26.0 Å². The van der Waals surface area contributed by atoms with Gasteiger partial charge in [0.25, 0.3) is 0 Å². The summed E-state index contributed by atoms with van der Waals surface area (Å²) in [6.45, 7) is 3.78. The van der Waals surface area contributed by atoms with Gasteiger partial charge in [-0.3, -0.25) is 0 Å². The van der Waals surface area contributed by atoms with E-state index in [2.05, 4.69) is 0 Å². The van der Waals surface area contributed by atoms with Crippen LogP contribution in [0.1, 0.15) is 24.1 Å². The van der Waals surface area contributed by atoms with Crippen molar-refractivity contribution in [2.24, 2.45) is 5.73 Å². The van der Waals surface area contributed by atoms with Crippen molar-refractivity contribution in [3.63, 3.8) is 0 Å². The molecule has 0 saturated carbocycles. The van der Waals surface area contributed by atoms with Gasteiger partial charge in [0.1, 0.15) is 5.75 Å². The number of aryl methyl sites for hydroxylation is 1.